The molecule has 5 nitrogen and oxygen atoms in total. The molecule has 0 aliphatic heterocycles. The summed E-state index contributed by atoms with van der Waals surface area (Å²) in [5.74, 6) is 1.30. The molecule has 2 aromatic heterocycles. The maximum atomic E-state index is 5.95. The van der Waals surface area contributed by atoms with Crippen molar-refractivity contribution in [2.24, 2.45) is 0 Å². The van der Waals surface area contributed by atoms with E-state index >= 15 is 0 Å². The molecule has 0 bridgehead atoms. The first kappa shape index (κ1) is 17.2. The minimum absolute atomic E-state index is 0.285. The predicted molar refractivity (Wildman–Crippen MR) is 103 cm³/mol. The second-order valence-electron chi connectivity index (χ2n) is 5.79. The van der Waals surface area contributed by atoms with E-state index in [0.717, 1.165) is 23.4 Å². The Hall–Kier alpha value is -2.66. The van der Waals surface area contributed by atoms with Crippen LogP contribution in [0.15, 0.2) is 54.9 Å². The molecule has 0 fully saturated rings. The van der Waals surface area contributed by atoms with Gasteiger partial charge in [-0.15, -0.1) is 0 Å². The summed E-state index contributed by atoms with van der Waals surface area (Å²) in [6.45, 7) is 4.22. The summed E-state index contributed by atoms with van der Waals surface area (Å²) in [6.07, 6.45) is 4.53. The molecule has 2 heterocycles. The van der Waals surface area contributed by atoms with Gasteiger partial charge in [-0.1, -0.05) is 18.5 Å². The third-order valence-corrected chi connectivity index (χ3v) is 4.04. The van der Waals surface area contributed by atoms with E-state index < -0.39 is 0 Å². The van der Waals surface area contributed by atoms with Gasteiger partial charge in [0.1, 0.15) is 5.82 Å². The van der Waals surface area contributed by atoms with Crippen molar-refractivity contribution >= 4 is 29.1 Å². The fourth-order valence-corrected chi connectivity index (χ4v) is 2.37. The van der Waals surface area contributed by atoms with Crippen LogP contribution >= 0.6 is 11.6 Å². The Bertz CT molecular complexity index is 821. The number of nitrogens with zero attached hydrogens (tertiary/aromatic N) is 3. The highest BCUT2D eigenvalue weighted by molar-refractivity contribution is 6.30. The van der Waals surface area contributed by atoms with Crippen molar-refractivity contribution in [3.63, 3.8) is 0 Å². The van der Waals surface area contributed by atoms with E-state index in [0.29, 0.717) is 16.8 Å². The van der Waals surface area contributed by atoms with Crippen LogP contribution in [-0.2, 0) is 0 Å². The van der Waals surface area contributed by atoms with Crippen LogP contribution in [0.5, 0.6) is 0 Å². The number of hydrogen-bond acceptors (Lipinski definition) is 5. The number of aromatic nitrogens is 3. The van der Waals surface area contributed by atoms with Crippen LogP contribution in [0.4, 0.5) is 17.5 Å². The van der Waals surface area contributed by atoms with E-state index in [2.05, 4.69) is 39.4 Å². The number of pyridine rings is 1. The summed E-state index contributed by atoms with van der Waals surface area (Å²) in [5.41, 5.74) is 2.66. The molecule has 128 valence electrons. The second kappa shape index (κ2) is 7.94. The lowest BCUT2D eigenvalue weighted by Crippen LogP contribution is -2.16. The molecule has 25 heavy (non-hydrogen) atoms. The lowest BCUT2D eigenvalue weighted by molar-refractivity contribution is 0.753. The summed E-state index contributed by atoms with van der Waals surface area (Å²) < 4.78 is 0. The highest BCUT2D eigenvalue weighted by Gasteiger charge is 2.09. The molecule has 0 saturated heterocycles. The molecule has 6 heteroatoms. The number of anilines is 3. The minimum atomic E-state index is 0.285. The van der Waals surface area contributed by atoms with Crippen molar-refractivity contribution in [3.8, 4) is 11.3 Å². The van der Waals surface area contributed by atoms with Crippen molar-refractivity contribution in [1.82, 2.24) is 15.0 Å². The van der Waals surface area contributed by atoms with Crippen LogP contribution in [0.3, 0.4) is 0 Å². The molecule has 0 spiro atoms. The number of rotatable bonds is 6. The summed E-state index contributed by atoms with van der Waals surface area (Å²) in [4.78, 5) is 13.4. The van der Waals surface area contributed by atoms with Crippen molar-refractivity contribution in [3.05, 3.63) is 59.9 Å². The summed E-state index contributed by atoms with van der Waals surface area (Å²) >= 11 is 5.95. The Morgan fingerprint density at radius 1 is 1.12 bits per heavy atom. The van der Waals surface area contributed by atoms with E-state index in [1.165, 1.54) is 0 Å². The van der Waals surface area contributed by atoms with Crippen LogP contribution in [0.2, 0.25) is 5.02 Å². The van der Waals surface area contributed by atoms with Gasteiger partial charge in [-0.2, -0.15) is 4.98 Å². The van der Waals surface area contributed by atoms with Crippen LogP contribution in [0.1, 0.15) is 20.3 Å². The summed E-state index contributed by atoms with van der Waals surface area (Å²) in [5, 5.41) is 7.33. The van der Waals surface area contributed by atoms with Crippen molar-refractivity contribution in [1.29, 1.82) is 0 Å². The standard InChI is InChI=1S/C19H20ClN5/c1-3-13(2)22-19-24-17(14-5-4-10-21-12-14)11-18(25-19)23-16-8-6-15(20)7-9-16/h4-13H,3H2,1-2H3,(H2,22,23,24,25)/t13-/m1/s1. The van der Waals surface area contributed by atoms with Gasteiger partial charge in [-0.25, -0.2) is 4.98 Å². The molecular formula is C19H20ClN5. The van der Waals surface area contributed by atoms with Crippen LogP contribution in [0.25, 0.3) is 11.3 Å². The average Bonchev–Trinajstić information content (AvgIpc) is 2.64. The molecule has 0 saturated carbocycles. The Morgan fingerprint density at radius 2 is 1.92 bits per heavy atom. The number of nitrogens with one attached hydrogen (secondary N) is 2. The Morgan fingerprint density at radius 3 is 2.60 bits per heavy atom. The highest BCUT2D eigenvalue weighted by atomic mass is 35.5. The lowest BCUT2D eigenvalue weighted by Gasteiger charge is -2.14. The van der Waals surface area contributed by atoms with Crippen LogP contribution in [0, 0.1) is 0 Å². The van der Waals surface area contributed by atoms with E-state index in [1.807, 2.05) is 42.5 Å². The van der Waals surface area contributed by atoms with Gasteiger partial charge in [-0.05, 0) is 49.7 Å². The predicted octanol–water partition coefficient (Wildman–Crippen LogP) is 5.15. The average molecular weight is 354 g/mol. The highest BCUT2D eigenvalue weighted by Crippen LogP contribution is 2.24. The van der Waals surface area contributed by atoms with E-state index in [1.54, 1.807) is 12.4 Å². The SMILES string of the molecule is CC[C@@H](C)Nc1nc(Nc2ccc(Cl)cc2)cc(-c2cccnc2)n1. The van der Waals surface area contributed by atoms with Gasteiger partial charge in [0, 0.05) is 40.8 Å². The van der Waals surface area contributed by atoms with E-state index in [-0.39, 0.29) is 6.04 Å². The third kappa shape index (κ3) is 4.67. The molecule has 0 amide bonds. The minimum Gasteiger partial charge on any atom is -0.352 e. The topological polar surface area (TPSA) is 62.7 Å². The molecule has 3 aromatic rings. The molecule has 0 aliphatic carbocycles. The molecule has 2 N–H and O–H groups in total. The van der Waals surface area contributed by atoms with Gasteiger partial charge in [0.25, 0.3) is 0 Å². The van der Waals surface area contributed by atoms with Crippen LogP contribution < -0.4 is 10.6 Å². The zero-order valence-electron chi connectivity index (χ0n) is 14.2. The molecule has 3 rings (SSSR count). The maximum absolute atomic E-state index is 5.95. The Labute approximate surface area is 152 Å². The lowest BCUT2D eigenvalue weighted by atomic mass is 10.2. The summed E-state index contributed by atoms with van der Waals surface area (Å²) in [6, 6.07) is 13.6. The normalized spacial score (nSPS) is 11.8. The number of benzene rings is 1. The van der Waals surface area contributed by atoms with Crippen molar-refractivity contribution in [2.75, 3.05) is 10.6 Å². The zero-order valence-corrected chi connectivity index (χ0v) is 15.0. The van der Waals surface area contributed by atoms with E-state index in [4.69, 9.17) is 11.6 Å². The van der Waals surface area contributed by atoms with Gasteiger partial charge in [-0.3, -0.25) is 4.98 Å². The monoisotopic (exact) mass is 353 g/mol. The largest absolute Gasteiger partial charge is 0.352 e. The fraction of sp³-hybridized carbons (Fsp3) is 0.211. The first-order valence-corrected chi connectivity index (χ1v) is 8.60. The van der Waals surface area contributed by atoms with Gasteiger partial charge in [0.15, 0.2) is 0 Å². The first-order chi connectivity index (χ1) is 12.1. The smallest absolute Gasteiger partial charge is 0.225 e. The van der Waals surface area contributed by atoms with Crippen molar-refractivity contribution < 1.29 is 0 Å². The van der Waals surface area contributed by atoms with Gasteiger partial charge < -0.3 is 10.6 Å². The third-order valence-electron chi connectivity index (χ3n) is 3.79. The first-order valence-electron chi connectivity index (χ1n) is 8.22. The number of halogens is 1. The molecule has 0 unspecified atom stereocenters. The molecule has 1 atom stereocenters. The molecule has 0 radical (unpaired) electrons. The maximum Gasteiger partial charge on any atom is 0.225 e. The Balaban J connectivity index is 1.95. The second-order valence-corrected chi connectivity index (χ2v) is 6.23. The fourth-order valence-electron chi connectivity index (χ4n) is 2.24. The quantitative estimate of drug-likeness (QED) is 0.642. The van der Waals surface area contributed by atoms with Gasteiger partial charge in [0.2, 0.25) is 5.95 Å². The van der Waals surface area contributed by atoms with Gasteiger partial charge in [0.05, 0.1) is 5.69 Å². The summed E-state index contributed by atoms with van der Waals surface area (Å²) in [7, 11) is 0. The van der Waals surface area contributed by atoms with Crippen LogP contribution in [-0.4, -0.2) is 21.0 Å². The molecule has 0 aliphatic rings. The van der Waals surface area contributed by atoms with Gasteiger partial charge >= 0.3 is 0 Å². The zero-order chi connectivity index (χ0) is 17.6. The van der Waals surface area contributed by atoms with E-state index in [9.17, 15) is 0 Å². The molecular weight excluding hydrogens is 334 g/mol. The Kier molecular flexibility index (Phi) is 5.46. The molecule has 1 aromatic carbocycles. The van der Waals surface area contributed by atoms with Crippen molar-refractivity contribution in [2.45, 2.75) is 26.3 Å². The number of hydrogen-bond donors (Lipinski definition) is 2.